The molecule has 1 amide bonds. The third kappa shape index (κ3) is 2.06. The maximum Gasteiger partial charge on any atom is 0.244 e. The Bertz CT molecular complexity index is 357. The fourth-order valence-electron chi connectivity index (χ4n) is 1.15. The first kappa shape index (κ1) is 9.92. The standard InChI is InChI=1S/C10H11IN2O/c11-7-1-3-8(4-2-7)13-9(14)10(12)5-6-10/h1-4H,5-6,12H2,(H,13,14). The molecule has 3 nitrogen and oxygen atoms in total. The maximum absolute atomic E-state index is 11.5. The number of hydrogen-bond donors (Lipinski definition) is 2. The van der Waals surface area contributed by atoms with Gasteiger partial charge in [0.2, 0.25) is 5.91 Å². The zero-order valence-electron chi connectivity index (χ0n) is 7.59. The van der Waals surface area contributed by atoms with Gasteiger partial charge < -0.3 is 11.1 Å². The second kappa shape index (κ2) is 3.51. The maximum atomic E-state index is 11.5. The molecule has 4 heteroatoms. The normalized spacial score (nSPS) is 17.6. The molecule has 74 valence electrons. The molecule has 0 aliphatic heterocycles. The van der Waals surface area contributed by atoms with Crippen LogP contribution in [0.15, 0.2) is 24.3 Å². The van der Waals surface area contributed by atoms with Gasteiger partial charge in [-0.15, -0.1) is 0 Å². The number of rotatable bonds is 2. The highest BCUT2D eigenvalue weighted by molar-refractivity contribution is 14.1. The Labute approximate surface area is 96.2 Å². The molecule has 0 bridgehead atoms. The molecule has 1 aromatic carbocycles. The highest BCUT2D eigenvalue weighted by Crippen LogP contribution is 2.33. The first-order valence-electron chi connectivity index (χ1n) is 4.46. The Morgan fingerprint density at radius 1 is 1.36 bits per heavy atom. The molecule has 0 atom stereocenters. The summed E-state index contributed by atoms with van der Waals surface area (Å²) >= 11 is 2.22. The third-order valence-electron chi connectivity index (χ3n) is 2.34. The van der Waals surface area contributed by atoms with Gasteiger partial charge in [-0.05, 0) is 59.7 Å². The molecule has 0 unspecified atom stereocenters. The summed E-state index contributed by atoms with van der Waals surface area (Å²) in [6, 6.07) is 7.66. The Morgan fingerprint density at radius 2 is 1.93 bits per heavy atom. The van der Waals surface area contributed by atoms with Crippen molar-refractivity contribution in [2.45, 2.75) is 18.4 Å². The van der Waals surface area contributed by atoms with Gasteiger partial charge in [0.25, 0.3) is 0 Å². The quantitative estimate of drug-likeness (QED) is 0.817. The average Bonchev–Trinajstić information content (AvgIpc) is 2.89. The van der Waals surface area contributed by atoms with Crippen LogP contribution in [0.25, 0.3) is 0 Å². The smallest absolute Gasteiger partial charge is 0.244 e. The predicted molar refractivity (Wildman–Crippen MR) is 63.9 cm³/mol. The number of nitrogens with two attached hydrogens (primary N) is 1. The van der Waals surface area contributed by atoms with E-state index in [9.17, 15) is 4.79 Å². The minimum atomic E-state index is -0.594. The van der Waals surface area contributed by atoms with Gasteiger partial charge in [-0.25, -0.2) is 0 Å². The van der Waals surface area contributed by atoms with Crippen molar-refractivity contribution < 1.29 is 4.79 Å². The molecular formula is C10H11IN2O. The Balaban J connectivity index is 2.04. The van der Waals surface area contributed by atoms with Crippen LogP contribution in [0.5, 0.6) is 0 Å². The van der Waals surface area contributed by atoms with Crippen LogP contribution >= 0.6 is 22.6 Å². The zero-order chi connectivity index (χ0) is 10.2. The van der Waals surface area contributed by atoms with Crippen LogP contribution in [-0.4, -0.2) is 11.4 Å². The van der Waals surface area contributed by atoms with Gasteiger partial charge in [0.15, 0.2) is 0 Å². The summed E-state index contributed by atoms with van der Waals surface area (Å²) in [7, 11) is 0. The number of benzene rings is 1. The molecule has 0 heterocycles. The first-order valence-corrected chi connectivity index (χ1v) is 5.54. The SMILES string of the molecule is NC1(C(=O)Nc2ccc(I)cc2)CC1. The minimum absolute atomic E-state index is 0.0706. The van der Waals surface area contributed by atoms with E-state index in [4.69, 9.17) is 5.73 Å². The van der Waals surface area contributed by atoms with Crippen molar-refractivity contribution in [3.05, 3.63) is 27.8 Å². The molecular weight excluding hydrogens is 291 g/mol. The summed E-state index contributed by atoms with van der Waals surface area (Å²) in [6.07, 6.45) is 1.59. The molecule has 1 saturated carbocycles. The monoisotopic (exact) mass is 302 g/mol. The second-order valence-electron chi connectivity index (χ2n) is 3.62. The van der Waals surface area contributed by atoms with Crippen molar-refractivity contribution in [1.29, 1.82) is 0 Å². The number of nitrogens with one attached hydrogen (secondary N) is 1. The molecule has 1 fully saturated rings. The van der Waals surface area contributed by atoms with E-state index in [0.29, 0.717) is 0 Å². The summed E-state index contributed by atoms with van der Waals surface area (Å²) in [4.78, 5) is 11.5. The lowest BCUT2D eigenvalue weighted by molar-refractivity contribution is -0.118. The van der Waals surface area contributed by atoms with Crippen LogP contribution in [0.2, 0.25) is 0 Å². The largest absolute Gasteiger partial charge is 0.324 e. The van der Waals surface area contributed by atoms with E-state index in [1.807, 2.05) is 24.3 Å². The summed E-state index contributed by atoms with van der Waals surface area (Å²) in [5, 5.41) is 2.80. The number of halogens is 1. The van der Waals surface area contributed by atoms with Gasteiger partial charge in [-0.3, -0.25) is 4.79 Å². The molecule has 14 heavy (non-hydrogen) atoms. The van der Waals surface area contributed by atoms with E-state index in [0.717, 1.165) is 22.1 Å². The molecule has 0 saturated heterocycles. The van der Waals surface area contributed by atoms with Gasteiger partial charge in [0.05, 0.1) is 5.54 Å². The van der Waals surface area contributed by atoms with Crippen LogP contribution in [0.4, 0.5) is 5.69 Å². The zero-order valence-corrected chi connectivity index (χ0v) is 9.74. The molecule has 1 aliphatic rings. The van der Waals surface area contributed by atoms with E-state index in [-0.39, 0.29) is 5.91 Å². The summed E-state index contributed by atoms with van der Waals surface area (Å²) in [5.41, 5.74) is 5.97. The topological polar surface area (TPSA) is 55.1 Å². The van der Waals surface area contributed by atoms with E-state index < -0.39 is 5.54 Å². The Kier molecular flexibility index (Phi) is 2.48. The van der Waals surface area contributed by atoms with Crippen LogP contribution in [-0.2, 0) is 4.79 Å². The van der Waals surface area contributed by atoms with Crippen molar-refractivity contribution in [3.63, 3.8) is 0 Å². The molecule has 2 rings (SSSR count). The lowest BCUT2D eigenvalue weighted by atomic mass is 10.2. The van der Waals surface area contributed by atoms with Crippen LogP contribution in [0.1, 0.15) is 12.8 Å². The van der Waals surface area contributed by atoms with Crippen LogP contribution in [0.3, 0.4) is 0 Å². The third-order valence-corrected chi connectivity index (χ3v) is 3.06. The molecule has 0 aromatic heterocycles. The lowest BCUT2D eigenvalue weighted by Crippen LogP contribution is -2.37. The van der Waals surface area contributed by atoms with Gasteiger partial charge in [0, 0.05) is 9.26 Å². The van der Waals surface area contributed by atoms with E-state index in [1.54, 1.807) is 0 Å². The number of carbonyl (C=O) groups excluding carboxylic acids is 1. The van der Waals surface area contributed by atoms with Gasteiger partial charge in [-0.2, -0.15) is 0 Å². The molecule has 0 spiro atoms. The van der Waals surface area contributed by atoms with Gasteiger partial charge in [-0.1, -0.05) is 0 Å². The molecule has 0 radical (unpaired) electrons. The number of carbonyl (C=O) groups is 1. The summed E-state index contributed by atoms with van der Waals surface area (Å²) < 4.78 is 1.15. The van der Waals surface area contributed by atoms with E-state index in [2.05, 4.69) is 27.9 Å². The van der Waals surface area contributed by atoms with Crippen LogP contribution in [0, 0.1) is 3.57 Å². The van der Waals surface area contributed by atoms with Crippen molar-refractivity contribution in [2.24, 2.45) is 5.73 Å². The lowest BCUT2D eigenvalue weighted by Gasteiger charge is -2.09. The first-order chi connectivity index (χ1) is 6.60. The van der Waals surface area contributed by atoms with E-state index in [1.165, 1.54) is 0 Å². The van der Waals surface area contributed by atoms with Crippen molar-refractivity contribution in [2.75, 3.05) is 5.32 Å². The number of hydrogen-bond acceptors (Lipinski definition) is 2. The minimum Gasteiger partial charge on any atom is -0.324 e. The highest BCUT2D eigenvalue weighted by atomic mass is 127. The average molecular weight is 302 g/mol. The molecule has 1 aliphatic carbocycles. The molecule has 3 N–H and O–H groups in total. The predicted octanol–water partition coefficient (Wildman–Crippen LogP) is 1.72. The van der Waals surface area contributed by atoms with Crippen molar-refractivity contribution in [3.8, 4) is 0 Å². The number of amides is 1. The second-order valence-corrected chi connectivity index (χ2v) is 4.86. The van der Waals surface area contributed by atoms with Crippen molar-refractivity contribution in [1.82, 2.24) is 0 Å². The van der Waals surface area contributed by atoms with Gasteiger partial charge >= 0.3 is 0 Å². The fourth-order valence-corrected chi connectivity index (χ4v) is 1.51. The summed E-state index contributed by atoms with van der Waals surface area (Å²) in [5.74, 6) is -0.0706. The Morgan fingerprint density at radius 3 is 2.43 bits per heavy atom. The van der Waals surface area contributed by atoms with Crippen LogP contribution < -0.4 is 11.1 Å². The van der Waals surface area contributed by atoms with E-state index >= 15 is 0 Å². The fraction of sp³-hybridized carbons (Fsp3) is 0.300. The van der Waals surface area contributed by atoms with Gasteiger partial charge in [0.1, 0.15) is 0 Å². The van der Waals surface area contributed by atoms with Crippen molar-refractivity contribution >= 4 is 34.2 Å². The molecule has 1 aromatic rings. The summed E-state index contributed by atoms with van der Waals surface area (Å²) in [6.45, 7) is 0. The Hall–Kier alpha value is -0.620. The highest BCUT2D eigenvalue weighted by Gasteiger charge is 2.45. The number of anilines is 1.